The average Bonchev–Trinajstić information content (AvgIpc) is 2.23. The molecule has 0 spiro atoms. The maximum Gasteiger partial charge on any atom is 0.315 e. The molecular formula is C17H34O3. The van der Waals surface area contributed by atoms with Crippen LogP contribution < -0.4 is 0 Å². The fourth-order valence-electron chi connectivity index (χ4n) is 2.85. The third-order valence-electron chi connectivity index (χ3n) is 3.98. The molecule has 0 radical (unpaired) electrons. The van der Waals surface area contributed by atoms with Crippen molar-refractivity contribution in [2.24, 2.45) is 22.2 Å². The van der Waals surface area contributed by atoms with Crippen molar-refractivity contribution in [1.29, 1.82) is 0 Å². The van der Waals surface area contributed by atoms with Gasteiger partial charge in [-0.25, -0.2) is 0 Å². The van der Waals surface area contributed by atoms with Gasteiger partial charge in [-0.3, -0.25) is 4.79 Å². The first kappa shape index (κ1) is 19.4. The van der Waals surface area contributed by atoms with E-state index in [2.05, 4.69) is 41.5 Å². The van der Waals surface area contributed by atoms with E-state index in [1.54, 1.807) is 0 Å². The Bertz CT molecular complexity index is 291. The first-order valence-electron chi connectivity index (χ1n) is 7.65. The van der Waals surface area contributed by atoms with Gasteiger partial charge in [0.2, 0.25) is 0 Å². The van der Waals surface area contributed by atoms with Crippen molar-refractivity contribution in [2.75, 3.05) is 19.8 Å². The summed E-state index contributed by atoms with van der Waals surface area (Å²) in [6, 6.07) is 0. The summed E-state index contributed by atoms with van der Waals surface area (Å²) in [4.78, 5) is 12.9. The number of hydrogen-bond donors (Lipinski definition) is 0. The maximum atomic E-state index is 12.9. The minimum atomic E-state index is -0.662. The molecule has 0 aromatic carbocycles. The number of carbonyl (C=O) groups is 1. The monoisotopic (exact) mass is 286 g/mol. The molecule has 3 nitrogen and oxygen atoms in total. The second-order valence-corrected chi connectivity index (χ2v) is 8.03. The van der Waals surface area contributed by atoms with E-state index >= 15 is 0 Å². The predicted octanol–water partition coefficient (Wildman–Crippen LogP) is 4.30. The highest BCUT2D eigenvalue weighted by atomic mass is 16.5. The summed E-state index contributed by atoms with van der Waals surface area (Å²) in [5, 5.41) is 0. The second-order valence-electron chi connectivity index (χ2n) is 8.03. The molecule has 0 saturated carbocycles. The number of esters is 1. The van der Waals surface area contributed by atoms with Crippen LogP contribution in [0.4, 0.5) is 0 Å². The van der Waals surface area contributed by atoms with E-state index in [9.17, 15) is 4.79 Å². The highest BCUT2D eigenvalue weighted by molar-refractivity contribution is 5.79. The Morgan fingerprint density at radius 3 is 1.75 bits per heavy atom. The molecule has 0 N–H and O–H groups in total. The zero-order valence-corrected chi connectivity index (χ0v) is 14.9. The normalized spacial score (nSPS) is 13.7. The van der Waals surface area contributed by atoms with Gasteiger partial charge in [0.1, 0.15) is 5.41 Å². The quantitative estimate of drug-likeness (QED) is 0.683. The lowest BCUT2D eigenvalue weighted by Gasteiger charge is -2.50. The number of carbonyl (C=O) groups excluding carboxylic acids is 1. The molecule has 20 heavy (non-hydrogen) atoms. The van der Waals surface area contributed by atoms with Gasteiger partial charge >= 0.3 is 5.97 Å². The molecule has 3 heteroatoms. The zero-order chi connectivity index (χ0) is 16.2. The van der Waals surface area contributed by atoms with E-state index < -0.39 is 5.41 Å². The minimum absolute atomic E-state index is 0.139. The van der Waals surface area contributed by atoms with Crippen molar-refractivity contribution in [3.63, 3.8) is 0 Å². The van der Waals surface area contributed by atoms with E-state index in [-0.39, 0.29) is 16.8 Å². The van der Waals surface area contributed by atoms with Crippen molar-refractivity contribution in [3.8, 4) is 0 Å². The molecule has 0 aromatic rings. The average molecular weight is 286 g/mol. The molecule has 0 amide bonds. The predicted molar refractivity (Wildman–Crippen MR) is 83.6 cm³/mol. The summed E-state index contributed by atoms with van der Waals surface area (Å²) in [7, 11) is 0. The minimum Gasteiger partial charge on any atom is -0.465 e. The molecule has 0 fully saturated rings. The Morgan fingerprint density at radius 1 is 1.00 bits per heavy atom. The second kappa shape index (κ2) is 6.93. The summed E-state index contributed by atoms with van der Waals surface area (Å²) < 4.78 is 11.3. The molecule has 0 aliphatic heterocycles. The van der Waals surface area contributed by atoms with Crippen LogP contribution in [0.1, 0.15) is 62.3 Å². The standard InChI is InChI=1S/C17H34O3/c1-10-19-12-17(15(4,5)6,16(7,8)9)14(18)20-11-13(2)3/h13H,10-12H2,1-9H3. The topological polar surface area (TPSA) is 35.5 Å². The summed E-state index contributed by atoms with van der Waals surface area (Å²) in [5.41, 5.74) is -1.14. The molecule has 0 unspecified atom stereocenters. The molecule has 0 aliphatic carbocycles. The third-order valence-corrected chi connectivity index (χ3v) is 3.98. The molecule has 0 atom stereocenters. The van der Waals surface area contributed by atoms with E-state index in [4.69, 9.17) is 9.47 Å². The van der Waals surface area contributed by atoms with Crippen LogP contribution >= 0.6 is 0 Å². The first-order valence-corrected chi connectivity index (χ1v) is 7.65. The summed E-state index contributed by atoms with van der Waals surface area (Å²) in [6.45, 7) is 20.1. The van der Waals surface area contributed by atoms with Crippen molar-refractivity contribution in [1.82, 2.24) is 0 Å². The Labute approximate surface area is 125 Å². The van der Waals surface area contributed by atoms with Gasteiger partial charge < -0.3 is 9.47 Å². The summed E-state index contributed by atoms with van der Waals surface area (Å²) in [5.74, 6) is 0.198. The van der Waals surface area contributed by atoms with E-state index in [1.165, 1.54) is 0 Å². The molecule has 0 aromatic heterocycles. The molecule has 0 heterocycles. The third kappa shape index (κ3) is 4.21. The van der Waals surface area contributed by atoms with Crippen LogP contribution in [0.25, 0.3) is 0 Å². The molecule has 0 rings (SSSR count). The van der Waals surface area contributed by atoms with E-state index in [0.29, 0.717) is 25.7 Å². The summed E-state index contributed by atoms with van der Waals surface area (Å²) in [6.07, 6.45) is 0. The lowest BCUT2D eigenvalue weighted by atomic mass is 9.54. The number of hydrogen-bond acceptors (Lipinski definition) is 3. The van der Waals surface area contributed by atoms with Crippen LogP contribution in [0.5, 0.6) is 0 Å². The first-order chi connectivity index (χ1) is 8.90. The Morgan fingerprint density at radius 2 is 1.45 bits per heavy atom. The highest BCUT2D eigenvalue weighted by Gasteiger charge is 2.57. The van der Waals surface area contributed by atoms with Crippen LogP contribution in [-0.2, 0) is 14.3 Å². The van der Waals surface area contributed by atoms with Gasteiger partial charge in [-0.05, 0) is 23.7 Å². The van der Waals surface area contributed by atoms with Gasteiger partial charge in [-0.15, -0.1) is 0 Å². The van der Waals surface area contributed by atoms with Gasteiger partial charge in [0.05, 0.1) is 13.2 Å². The number of ether oxygens (including phenoxy) is 2. The molecule has 0 bridgehead atoms. The molecule has 0 aliphatic rings. The Kier molecular flexibility index (Phi) is 6.73. The van der Waals surface area contributed by atoms with Crippen LogP contribution in [-0.4, -0.2) is 25.8 Å². The van der Waals surface area contributed by atoms with Crippen molar-refractivity contribution in [3.05, 3.63) is 0 Å². The van der Waals surface area contributed by atoms with E-state index in [0.717, 1.165) is 0 Å². The highest BCUT2D eigenvalue weighted by Crippen LogP contribution is 2.52. The van der Waals surface area contributed by atoms with E-state index in [1.807, 2.05) is 20.8 Å². The van der Waals surface area contributed by atoms with Gasteiger partial charge in [0.25, 0.3) is 0 Å². The number of rotatable bonds is 6. The van der Waals surface area contributed by atoms with Crippen LogP contribution in [0.3, 0.4) is 0 Å². The van der Waals surface area contributed by atoms with Crippen molar-refractivity contribution in [2.45, 2.75) is 62.3 Å². The fraction of sp³-hybridized carbons (Fsp3) is 0.941. The van der Waals surface area contributed by atoms with Crippen molar-refractivity contribution < 1.29 is 14.3 Å². The smallest absolute Gasteiger partial charge is 0.315 e. The van der Waals surface area contributed by atoms with Crippen LogP contribution in [0, 0.1) is 22.2 Å². The lowest BCUT2D eigenvalue weighted by molar-refractivity contribution is -0.186. The van der Waals surface area contributed by atoms with Gasteiger partial charge in [0.15, 0.2) is 0 Å². The summed E-state index contributed by atoms with van der Waals surface area (Å²) >= 11 is 0. The van der Waals surface area contributed by atoms with Gasteiger partial charge in [-0.1, -0.05) is 55.4 Å². The zero-order valence-electron chi connectivity index (χ0n) is 14.9. The largest absolute Gasteiger partial charge is 0.465 e. The van der Waals surface area contributed by atoms with Crippen LogP contribution in [0.15, 0.2) is 0 Å². The maximum absolute atomic E-state index is 12.9. The Hall–Kier alpha value is -0.570. The van der Waals surface area contributed by atoms with Gasteiger partial charge in [0, 0.05) is 6.61 Å². The molecule has 0 saturated heterocycles. The van der Waals surface area contributed by atoms with Gasteiger partial charge in [-0.2, -0.15) is 0 Å². The Balaban J connectivity index is 5.56. The molecule has 120 valence electrons. The lowest BCUT2D eigenvalue weighted by Crippen LogP contribution is -2.56. The molecular weight excluding hydrogens is 252 g/mol. The SMILES string of the molecule is CCOCC(C(=O)OCC(C)C)(C(C)(C)C)C(C)(C)C. The van der Waals surface area contributed by atoms with Crippen molar-refractivity contribution >= 4 is 5.97 Å². The van der Waals surface area contributed by atoms with Crippen LogP contribution in [0.2, 0.25) is 0 Å². The fourth-order valence-corrected chi connectivity index (χ4v) is 2.85.